The number of nitrogens with two attached hydrogens (primary N) is 1. The van der Waals surface area contributed by atoms with E-state index in [4.69, 9.17) is 5.73 Å². The maximum absolute atomic E-state index is 5.42. The van der Waals surface area contributed by atoms with E-state index < -0.39 is 0 Å². The van der Waals surface area contributed by atoms with Gasteiger partial charge in [-0.3, -0.25) is 0 Å². The summed E-state index contributed by atoms with van der Waals surface area (Å²) in [5.41, 5.74) is 7.36. The molecule has 0 aromatic heterocycles. The minimum Gasteiger partial charge on any atom is -0.399 e. The van der Waals surface area contributed by atoms with E-state index in [1.807, 2.05) is 26.0 Å². The zero-order valence-electron chi connectivity index (χ0n) is 6.02. The van der Waals surface area contributed by atoms with Gasteiger partial charge in [0.05, 0.1) is 0 Å². The van der Waals surface area contributed by atoms with Gasteiger partial charge in [-0.15, -0.1) is 0 Å². The fourth-order valence-electron chi connectivity index (χ4n) is 0.331. The van der Waals surface area contributed by atoms with Crippen LogP contribution in [0.4, 0.5) is 0 Å². The number of rotatable bonds is 2. The summed E-state index contributed by atoms with van der Waals surface area (Å²) in [6.45, 7) is 7.56. The Morgan fingerprint density at radius 3 is 2.22 bits per heavy atom. The van der Waals surface area contributed by atoms with Crippen LogP contribution >= 0.6 is 0 Å². The van der Waals surface area contributed by atoms with Crippen LogP contribution in [0, 0.1) is 0 Å². The van der Waals surface area contributed by atoms with Crippen molar-refractivity contribution >= 4 is 0 Å². The molecule has 0 saturated carbocycles. The molecule has 0 amide bonds. The second-order valence-corrected chi connectivity index (χ2v) is 2.11. The molecule has 0 aliphatic rings. The molecule has 0 aliphatic carbocycles. The van der Waals surface area contributed by atoms with Gasteiger partial charge in [0.15, 0.2) is 0 Å². The average molecular weight is 123 g/mol. The van der Waals surface area contributed by atoms with Crippen LogP contribution in [0.5, 0.6) is 0 Å². The van der Waals surface area contributed by atoms with E-state index in [0.717, 1.165) is 0 Å². The van der Waals surface area contributed by atoms with Gasteiger partial charge in [0, 0.05) is 5.70 Å². The molecule has 0 rings (SSSR count). The van der Waals surface area contributed by atoms with Gasteiger partial charge >= 0.3 is 0 Å². The predicted molar refractivity (Wildman–Crippen MR) is 41.9 cm³/mol. The summed E-state index contributed by atoms with van der Waals surface area (Å²) in [4.78, 5) is 0. The van der Waals surface area contributed by atoms with Crippen LogP contribution in [0.3, 0.4) is 0 Å². The third-order valence-electron chi connectivity index (χ3n) is 0.845. The fraction of sp³-hybridized carbons (Fsp3) is 0.250. The minimum absolute atomic E-state index is 0.705. The van der Waals surface area contributed by atoms with Crippen molar-refractivity contribution in [2.45, 2.75) is 13.8 Å². The molecule has 0 aromatic rings. The van der Waals surface area contributed by atoms with Crippen molar-refractivity contribution in [1.29, 1.82) is 0 Å². The maximum Gasteiger partial charge on any atom is 0.0308 e. The topological polar surface area (TPSA) is 26.0 Å². The van der Waals surface area contributed by atoms with Gasteiger partial charge in [-0.05, 0) is 26.0 Å². The quantitative estimate of drug-likeness (QED) is 0.558. The van der Waals surface area contributed by atoms with Crippen LogP contribution in [0.2, 0.25) is 0 Å². The number of allylic oxidation sites excluding steroid dienone is 4. The van der Waals surface area contributed by atoms with Gasteiger partial charge in [0.2, 0.25) is 0 Å². The highest BCUT2D eigenvalue weighted by Gasteiger charge is 1.75. The van der Waals surface area contributed by atoms with Crippen LogP contribution in [0.15, 0.2) is 36.1 Å². The summed E-state index contributed by atoms with van der Waals surface area (Å²) in [5.74, 6) is 0. The summed E-state index contributed by atoms with van der Waals surface area (Å²) >= 11 is 0. The monoisotopic (exact) mass is 123 g/mol. The lowest BCUT2D eigenvalue weighted by molar-refractivity contribution is 1.37. The first kappa shape index (κ1) is 8.02. The molecule has 0 atom stereocenters. The van der Waals surface area contributed by atoms with E-state index in [1.165, 1.54) is 5.57 Å². The predicted octanol–water partition coefficient (Wildman–Crippen LogP) is 1.98. The molecule has 0 aliphatic heterocycles. The molecule has 0 saturated heterocycles. The lowest BCUT2D eigenvalue weighted by Gasteiger charge is -1.86. The molecule has 0 fully saturated rings. The van der Waals surface area contributed by atoms with Crippen LogP contribution in [0.25, 0.3) is 0 Å². The molecule has 0 heterocycles. The number of hydrogen-bond donors (Lipinski definition) is 1. The van der Waals surface area contributed by atoms with Crippen molar-refractivity contribution in [2.24, 2.45) is 5.73 Å². The van der Waals surface area contributed by atoms with Crippen LogP contribution in [-0.2, 0) is 0 Å². The zero-order valence-corrected chi connectivity index (χ0v) is 6.02. The van der Waals surface area contributed by atoms with E-state index in [9.17, 15) is 0 Å². The standard InChI is InChI=1S/C8H13N/c1-4-8(9)6-5-7(2)3/h4-6H,1,9H2,2-3H3/b8-6+. The van der Waals surface area contributed by atoms with E-state index in [-0.39, 0.29) is 0 Å². The van der Waals surface area contributed by atoms with Crippen molar-refractivity contribution in [3.8, 4) is 0 Å². The van der Waals surface area contributed by atoms with E-state index in [2.05, 4.69) is 6.58 Å². The van der Waals surface area contributed by atoms with Gasteiger partial charge in [-0.2, -0.15) is 0 Å². The van der Waals surface area contributed by atoms with Crippen LogP contribution in [-0.4, -0.2) is 0 Å². The Hall–Kier alpha value is -0.980. The summed E-state index contributed by atoms with van der Waals surface area (Å²) in [7, 11) is 0. The van der Waals surface area contributed by atoms with Gasteiger partial charge < -0.3 is 5.73 Å². The lowest BCUT2D eigenvalue weighted by Crippen LogP contribution is -1.89. The first-order valence-electron chi connectivity index (χ1n) is 2.90. The van der Waals surface area contributed by atoms with Gasteiger partial charge in [-0.1, -0.05) is 18.2 Å². The third kappa shape index (κ3) is 4.88. The summed E-state index contributed by atoms with van der Waals surface area (Å²) in [6.07, 6.45) is 5.42. The van der Waals surface area contributed by atoms with Gasteiger partial charge in [0.25, 0.3) is 0 Å². The smallest absolute Gasteiger partial charge is 0.0308 e. The molecule has 50 valence electrons. The number of hydrogen-bond acceptors (Lipinski definition) is 1. The molecule has 0 radical (unpaired) electrons. The Labute approximate surface area is 56.6 Å². The van der Waals surface area contributed by atoms with Crippen molar-refractivity contribution in [3.63, 3.8) is 0 Å². The Morgan fingerprint density at radius 1 is 1.33 bits per heavy atom. The summed E-state index contributed by atoms with van der Waals surface area (Å²) in [5, 5.41) is 0. The molecule has 1 nitrogen and oxygen atoms in total. The first-order chi connectivity index (χ1) is 4.16. The molecule has 0 aromatic carbocycles. The SMILES string of the molecule is C=C/C(N)=C\C=C(C)C. The first-order valence-corrected chi connectivity index (χ1v) is 2.90. The molecule has 9 heavy (non-hydrogen) atoms. The van der Waals surface area contributed by atoms with Crippen molar-refractivity contribution in [3.05, 3.63) is 36.1 Å². The fourth-order valence-corrected chi connectivity index (χ4v) is 0.331. The molecular weight excluding hydrogens is 110 g/mol. The van der Waals surface area contributed by atoms with E-state index in [1.54, 1.807) is 6.08 Å². The normalized spacial score (nSPS) is 10.7. The van der Waals surface area contributed by atoms with E-state index in [0.29, 0.717) is 5.70 Å². The molecule has 0 unspecified atom stereocenters. The third-order valence-corrected chi connectivity index (χ3v) is 0.845. The maximum atomic E-state index is 5.42. The van der Waals surface area contributed by atoms with Crippen molar-refractivity contribution < 1.29 is 0 Å². The van der Waals surface area contributed by atoms with Gasteiger partial charge in [0.1, 0.15) is 0 Å². The Morgan fingerprint density at radius 2 is 1.89 bits per heavy atom. The van der Waals surface area contributed by atoms with Crippen molar-refractivity contribution in [2.75, 3.05) is 0 Å². The molecule has 0 spiro atoms. The average Bonchev–Trinajstić information content (AvgIpc) is 1.83. The molecule has 0 bridgehead atoms. The zero-order chi connectivity index (χ0) is 7.28. The highest BCUT2D eigenvalue weighted by Crippen LogP contribution is 1.91. The molecule has 1 heteroatoms. The highest BCUT2D eigenvalue weighted by atomic mass is 14.5. The Bertz CT molecular complexity index is 148. The Balaban J connectivity index is 3.98. The minimum atomic E-state index is 0.705. The Kier molecular flexibility index (Phi) is 3.52. The summed E-state index contributed by atoms with van der Waals surface area (Å²) in [6, 6.07) is 0. The van der Waals surface area contributed by atoms with Crippen molar-refractivity contribution in [1.82, 2.24) is 0 Å². The molecular formula is C8H13N. The van der Waals surface area contributed by atoms with Crippen LogP contribution < -0.4 is 5.73 Å². The summed E-state index contributed by atoms with van der Waals surface area (Å²) < 4.78 is 0. The largest absolute Gasteiger partial charge is 0.399 e. The van der Waals surface area contributed by atoms with Crippen LogP contribution in [0.1, 0.15) is 13.8 Å². The molecule has 2 N–H and O–H groups in total. The lowest BCUT2D eigenvalue weighted by atomic mass is 10.3. The highest BCUT2D eigenvalue weighted by molar-refractivity contribution is 5.20. The second kappa shape index (κ2) is 3.96. The second-order valence-electron chi connectivity index (χ2n) is 2.11. The van der Waals surface area contributed by atoms with E-state index >= 15 is 0 Å². The van der Waals surface area contributed by atoms with Gasteiger partial charge in [-0.25, -0.2) is 0 Å².